The summed E-state index contributed by atoms with van der Waals surface area (Å²) in [6, 6.07) is 0. The van der Waals surface area contributed by atoms with E-state index in [9.17, 15) is 0 Å². The van der Waals surface area contributed by atoms with Crippen molar-refractivity contribution >= 4 is 0 Å². The highest BCUT2D eigenvalue weighted by molar-refractivity contribution is 4.59. The minimum Gasteiger partial charge on any atom is -0.396 e. The fourth-order valence-electron chi connectivity index (χ4n) is 1.57. The summed E-state index contributed by atoms with van der Waals surface area (Å²) in [5.41, 5.74) is 0. The Morgan fingerprint density at radius 3 is 2.43 bits per heavy atom. The normalized spacial score (nSPS) is 13.5. The average molecular weight is 202 g/mol. The zero-order valence-corrected chi connectivity index (χ0v) is 9.96. The van der Waals surface area contributed by atoms with Gasteiger partial charge in [0.1, 0.15) is 0 Å². The van der Waals surface area contributed by atoms with Crippen molar-refractivity contribution in [2.75, 3.05) is 19.8 Å². The molecule has 0 bridgehead atoms. The van der Waals surface area contributed by atoms with Crippen molar-refractivity contribution in [1.82, 2.24) is 0 Å². The zero-order valence-electron chi connectivity index (χ0n) is 9.96. The molecule has 0 spiro atoms. The Morgan fingerprint density at radius 1 is 1.21 bits per heavy atom. The third-order valence-electron chi connectivity index (χ3n) is 2.31. The highest BCUT2D eigenvalue weighted by Gasteiger charge is 2.09. The highest BCUT2D eigenvalue weighted by atomic mass is 16.5. The van der Waals surface area contributed by atoms with Gasteiger partial charge in [-0.15, -0.1) is 0 Å². The molecule has 0 saturated heterocycles. The number of aliphatic hydroxyl groups excluding tert-OH is 1. The van der Waals surface area contributed by atoms with Crippen LogP contribution in [0.1, 0.15) is 46.5 Å². The molecule has 0 aliphatic carbocycles. The standard InChI is InChI=1S/C12H26O2/c1-4-5-6-7-14-10-12(9-13)8-11(2)3/h11-13H,4-10H2,1-3H3. The second kappa shape index (κ2) is 9.47. The average Bonchev–Trinajstić information content (AvgIpc) is 2.15. The van der Waals surface area contributed by atoms with Gasteiger partial charge in [-0.2, -0.15) is 0 Å². The maximum Gasteiger partial charge on any atom is 0.0516 e. The van der Waals surface area contributed by atoms with Crippen LogP contribution in [0.2, 0.25) is 0 Å². The Morgan fingerprint density at radius 2 is 1.93 bits per heavy atom. The van der Waals surface area contributed by atoms with Crippen molar-refractivity contribution in [1.29, 1.82) is 0 Å². The number of hydrogen-bond acceptors (Lipinski definition) is 2. The second-order valence-electron chi connectivity index (χ2n) is 4.46. The summed E-state index contributed by atoms with van der Waals surface area (Å²) < 4.78 is 5.53. The molecule has 0 radical (unpaired) electrons. The Labute approximate surface area is 88.7 Å². The number of ether oxygens (including phenoxy) is 1. The molecule has 14 heavy (non-hydrogen) atoms. The molecule has 0 aromatic carbocycles. The molecule has 1 N–H and O–H groups in total. The van der Waals surface area contributed by atoms with Gasteiger partial charge in [0.15, 0.2) is 0 Å². The molecule has 2 heteroatoms. The monoisotopic (exact) mass is 202 g/mol. The van der Waals surface area contributed by atoms with E-state index in [2.05, 4.69) is 20.8 Å². The molecule has 0 fully saturated rings. The van der Waals surface area contributed by atoms with Crippen LogP contribution in [-0.4, -0.2) is 24.9 Å². The third kappa shape index (κ3) is 8.52. The van der Waals surface area contributed by atoms with Crippen LogP contribution in [0.5, 0.6) is 0 Å². The van der Waals surface area contributed by atoms with Crippen molar-refractivity contribution in [2.24, 2.45) is 11.8 Å². The summed E-state index contributed by atoms with van der Waals surface area (Å²) in [6.45, 7) is 8.38. The van der Waals surface area contributed by atoms with Gasteiger partial charge in [0.2, 0.25) is 0 Å². The largest absolute Gasteiger partial charge is 0.396 e. The van der Waals surface area contributed by atoms with E-state index >= 15 is 0 Å². The fraction of sp³-hybridized carbons (Fsp3) is 1.00. The first kappa shape index (κ1) is 13.9. The van der Waals surface area contributed by atoms with Crippen LogP contribution >= 0.6 is 0 Å². The van der Waals surface area contributed by atoms with E-state index in [0.717, 1.165) is 26.1 Å². The number of aliphatic hydroxyl groups is 1. The van der Waals surface area contributed by atoms with Crippen LogP contribution in [0.4, 0.5) is 0 Å². The van der Waals surface area contributed by atoms with Gasteiger partial charge in [-0.1, -0.05) is 33.6 Å². The lowest BCUT2D eigenvalue weighted by atomic mass is 9.99. The Hall–Kier alpha value is -0.0800. The predicted octanol–water partition coefficient (Wildman–Crippen LogP) is 2.85. The van der Waals surface area contributed by atoms with Crippen molar-refractivity contribution in [3.8, 4) is 0 Å². The van der Waals surface area contributed by atoms with Crippen LogP contribution in [0.15, 0.2) is 0 Å². The summed E-state index contributed by atoms with van der Waals surface area (Å²) in [7, 11) is 0. The first-order valence-corrected chi connectivity index (χ1v) is 5.89. The molecule has 0 aliphatic heterocycles. The molecule has 86 valence electrons. The van der Waals surface area contributed by atoms with Gasteiger partial charge in [0.05, 0.1) is 6.61 Å². The van der Waals surface area contributed by atoms with Crippen molar-refractivity contribution in [2.45, 2.75) is 46.5 Å². The molecule has 0 rings (SSSR count). The Kier molecular flexibility index (Phi) is 9.42. The van der Waals surface area contributed by atoms with E-state index in [-0.39, 0.29) is 6.61 Å². The molecule has 0 heterocycles. The summed E-state index contributed by atoms with van der Waals surface area (Å²) in [4.78, 5) is 0. The first-order valence-electron chi connectivity index (χ1n) is 5.89. The Balaban J connectivity index is 3.33. The summed E-state index contributed by atoms with van der Waals surface area (Å²) >= 11 is 0. The molecular weight excluding hydrogens is 176 g/mol. The summed E-state index contributed by atoms with van der Waals surface area (Å²) in [6.07, 6.45) is 4.69. The molecule has 1 atom stereocenters. The Bertz CT molecular complexity index is 113. The molecule has 0 saturated carbocycles. The highest BCUT2D eigenvalue weighted by Crippen LogP contribution is 2.11. The maximum atomic E-state index is 9.10. The number of hydrogen-bond donors (Lipinski definition) is 1. The van der Waals surface area contributed by atoms with Gasteiger partial charge in [0, 0.05) is 19.1 Å². The van der Waals surface area contributed by atoms with Crippen LogP contribution in [-0.2, 0) is 4.74 Å². The first-order chi connectivity index (χ1) is 6.70. The van der Waals surface area contributed by atoms with Crippen molar-refractivity contribution in [3.05, 3.63) is 0 Å². The number of unbranched alkanes of at least 4 members (excludes halogenated alkanes) is 2. The minimum absolute atomic E-state index is 0.256. The van der Waals surface area contributed by atoms with Crippen molar-refractivity contribution < 1.29 is 9.84 Å². The molecule has 0 aromatic rings. The lowest BCUT2D eigenvalue weighted by Gasteiger charge is -2.16. The predicted molar refractivity (Wildman–Crippen MR) is 60.4 cm³/mol. The summed E-state index contributed by atoms with van der Waals surface area (Å²) in [5.74, 6) is 0.975. The van der Waals surface area contributed by atoms with Gasteiger partial charge < -0.3 is 9.84 Å². The van der Waals surface area contributed by atoms with Crippen molar-refractivity contribution in [3.63, 3.8) is 0 Å². The van der Waals surface area contributed by atoms with E-state index in [4.69, 9.17) is 9.84 Å². The lowest BCUT2D eigenvalue weighted by molar-refractivity contribution is 0.0622. The van der Waals surface area contributed by atoms with Gasteiger partial charge >= 0.3 is 0 Å². The molecule has 0 amide bonds. The van der Waals surface area contributed by atoms with Gasteiger partial charge in [0.25, 0.3) is 0 Å². The van der Waals surface area contributed by atoms with Gasteiger partial charge in [-0.3, -0.25) is 0 Å². The SMILES string of the molecule is CCCCCOCC(CO)CC(C)C. The third-order valence-corrected chi connectivity index (χ3v) is 2.31. The molecular formula is C12H26O2. The molecule has 0 aromatic heterocycles. The van der Waals surface area contributed by atoms with E-state index in [1.54, 1.807) is 0 Å². The summed E-state index contributed by atoms with van der Waals surface area (Å²) in [5, 5.41) is 9.10. The van der Waals surface area contributed by atoms with E-state index in [0.29, 0.717) is 11.8 Å². The fourth-order valence-corrected chi connectivity index (χ4v) is 1.57. The maximum absolute atomic E-state index is 9.10. The van der Waals surface area contributed by atoms with E-state index in [1.165, 1.54) is 12.8 Å². The lowest BCUT2D eigenvalue weighted by Crippen LogP contribution is -2.16. The van der Waals surface area contributed by atoms with E-state index in [1.807, 2.05) is 0 Å². The smallest absolute Gasteiger partial charge is 0.0516 e. The van der Waals surface area contributed by atoms with Crippen LogP contribution in [0.3, 0.4) is 0 Å². The molecule has 1 unspecified atom stereocenters. The van der Waals surface area contributed by atoms with Gasteiger partial charge in [-0.25, -0.2) is 0 Å². The van der Waals surface area contributed by atoms with Crippen LogP contribution in [0.25, 0.3) is 0 Å². The van der Waals surface area contributed by atoms with Gasteiger partial charge in [-0.05, 0) is 18.8 Å². The van der Waals surface area contributed by atoms with E-state index < -0.39 is 0 Å². The topological polar surface area (TPSA) is 29.5 Å². The molecule has 2 nitrogen and oxygen atoms in total. The minimum atomic E-state index is 0.256. The zero-order chi connectivity index (χ0) is 10.8. The van der Waals surface area contributed by atoms with Crippen LogP contribution < -0.4 is 0 Å². The van der Waals surface area contributed by atoms with Crippen LogP contribution in [0, 0.1) is 11.8 Å². The second-order valence-corrected chi connectivity index (χ2v) is 4.46. The quantitative estimate of drug-likeness (QED) is 0.583. The number of rotatable bonds is 9. The molecule has 0 aliphatic rings.